The van der Waals surface area contributed by atoms with Gasteiger partial charge in [-0.25, -0.2) is 4.98 Å². The van der Waals surface area contributed by atoms with Gasteiger partial charge in [0.15, 0.2) is 0 Å². The molecule has 2 heterocycles. The highest BCUT2D eigenvalue weighted by Gasteiger charge is 2.22. The van der Waals surface area contributed by atoms with Gasteiger partial charge in [-0.05, 0) is 25.5 Å². The van der Waals surface area contributed by atoms with Gasteiger partial charge in [0.2, 0.25) is 5.89 Å². The highest BCUT2D eigenvalue weighted by molar-refractivity contribution is 5.58. The van der Waals surface area contributed by atoms with Crippen LogP contribution in [0.25, 0.3) is 11.5 Å². The first-order valence-electron chi connectivity index (χ1n) is 7.73. The molecule has 0 aliphatic carbocycles. The van der Waals surface area contributed by atoms with Crippen LogP contribution in [0.1, 0.15) is 17.0 Å². The zero-order valence-electron chi connectivity index (χ0n) is 13.2. The number of ether oxygens (including phenoxy) is 1. The average molecular weight is 301 g/mol. The van der Waals surface area contributed by atoms with Gasteiger partial charge >= 0.3 is 0 Å². The first-order valence-corrected chi connectivity index (χ1v) is 7.73. The summed E-state index contributed by atoms with van der Waals surface area (Å²) in [7, 11) is 0. The van der Waals surface area contributed by atoms with E-state index < -0.39 is 0 Å². The first-order chi connectivity index (χ1) is 10.7. The maximum Gasteiger partial charge on any atom is 0.226 e. The molecule has 0 saturated carbocycles. The second kappa shape index (κ2) is 6.60. The van der Waals surface area contributed by atoms with Gasteiger partial charge < -0.3 is 14.9 Å². The number of aryl methyl sites for hydroxylation is 2. The van der Waals surface area contributed by atoms with E-state index in [-0.39, 0.29) is 6.10 Å². The summed E-state index contributed by atoms with van der Waals surface area (Å²) in [6.07, 6.45) is 0.122. The Morgan fingerprint density at radius 2 is 2.14 bits per heavy atom. The summed E-state index contributed by atoms with van der Waals surface area (Å²) in [6.45, 7) is 7.87. The molecule has 1 saturated heterocycles. The first kappa shape index (κ1) is 15.2. The lowest BCUT2D eigenvalue weighted by Gasteiger charge is -2.31. The third kappa shape index (κ3) is 3.21. The molecule has 0 radical (unpaired) electrons. The van der Waals surface area contributed by atoms with Gasteiger partial charge in [-0.3, -0.25) is 4.90 Å². The summed E-state index contributed by atoms with van der Waals surface area (Å²) in [5.74, 6) is 1.59. The third-order valence-electron chi connectivity index (χ3n) is 4.13. The lowest BCUT2D eigenvalue weighted by Crippen LogP contribution is -2.45. The molecule has 2 N–H and O–H groups in total. The van der Waals surface area contributed by atoms with Gasteiger partial charge in [-0.2, -0.15) is 0 Å². The van der Waals surface area contributed by atoms with Crippen LogP contribution in [-0.2, 0) is 11.3 Å². The van der Waals surface area contributed by atoms with Crippen LogP contribution in [-0.4, -0.2) is 42.2 Å². The summed E-state index contributed by atoms with van der Waals surface area (Å²) in [5.41, 5.74) is 8.92. The number of hydrogen-bond acceptors (Lipinski definition) is 5. The topological polar surface area (TPSA) is 64.5 Å². The van der Waals surface area contributed by atoms with Crippen molar-refractivity contribution >= 4 is 0 Å². The van der Waals surface area contributed by atoms with E-state index in [9.17, 15) is 0 Å². The number of rotatable bonds is 4. The Balaban J connectivity index is 1.77. The minimum absolute atomic E-state index is 0.122. The summed E-state index contributed by atoms with van der Waals surface area (Å²) in [4.78, 5) is 7.03. The van der Waals surface area contributed by atoms with Crippen LogP contribution in [0.4, 0.5) is 0 Å². The van der Waals surface area contributed by atoms with Crippen LogP contribution in [0.3, 0.4) is 0 Å². The molecule has 1 aliphatic heterocycles. The van der Waals surface area contributed by atoms with Crippen LogP contribution in [0.5, 0.6) is 0 Å². The molecule has 0 spiro atoms. The molecule has 3 rings (SSSR count). The smallest absolute Gasteiger partial charge is 0.226 e. The van der Waals surface area contributed by atoms with E-state index in [0.29, 0.717) is 12.4 Å². The average Bonchev–Trinajstić information content (AvgIpc) is 2.89. The molecule has 2 aromatic rings. The van der Waals surface area contributed by atoms with E-state index in [1.807, 2.05) is 25.1 Å². The molecule has 5 heteroatoms. The molecular weight excluding hydrogens is 278 g/mol. The van der Waals surface area contributed by atoms with Crippen molar-refractivity contribution < 1.29 is 9.15 Å². The molecule has 1 aromatic heterocycles. The molecule has 0 bridgehead atoms. The molecule has 5 nitrogen and oxygen atoms in total. The second-order valence-corrected chi connectivity index (χ2v) is 5.80. The van der Waals surface area contributed by atoms with Crippen molar-refractivity contribution in [3.05, 3.63) is 41.3 Å². The van der Waals surface area contributed by atoms with Crippen LogP contribution < -0.4 is 5.73 Å². The van der Waals surface area contributed by atoms with Crippen molar-refractivity contribution in [3.63, 3.8) is 0 Å². The molecule has 0 amide bonds. The quantitative estimate of drug-likeness (QED) is 0.937. The largest absolute Gasteiger partial charge is 0.441 e. The summed E-state index contributed by atoms with van der Waals surface area (Å²) >= 11 is 0. The fourth-order valence-electron chi connectivity index (χ4n) is 2.78. The third-order valence-corrected chi connectivity index (χ3v) is 4.13. The van der Waals surface area contributed by atoms with Gasteiger partial charge in [0.1, 0.15) is 5.76 Å². The zero-order chi connectivity index (χ0) is 15.5. The van der Waals surface area contributed by atoms with Crippen LogP contribution in [0, 0.1) is 13.8 Å². The normalized spacial score (nSPS) is 19.5. The van der Waals surface area contributed by atoms with E-state index in [0.717, 1.165) is 43.3 Å². The lowest BCUT2D eigenvalue weighted by molar-refractivity contribution is -0.0264. The van der Waals surface area contributed by atoms with Gasteiger partial charge in [0.05, 0.1) is 18.4 Å². The Bertz CT molecular complexity index is 639. The van der Waals surface area contributed by atoms with Gasteiger partial charge in [0.25, 0.3) is 0 Å². The van der Waals surface area contributed by atoms with Crippen molar-refractivity contribution in [2.24, 2.45) is 5.73 Å². The Kier molecular flexibility index (Phi) is 4.57. The van der Waals surface area contributed by atoms with E-state index in [2.05, 4.69) is 17.9 Å². The van der Waals surface area contributed by atoms with Crippen LogP contribution >= 0.6 is 0 Å². The van der Waals surface area contributed by atoms with E-state index in [4.69, 9.17) is 19.9 Å². The van der Waals surface area contributed by atoms with Crippen molar-refractivity contribution in [2.45, 2.75) is 26.5 Å². The predicted molar refractivity (Wildman–Crippen MR) is 85.5 cm³/mol. The number of morpholine rings is 1. The van der Waals surface area contributed by atoms with Gasteiger partial charge in [-0.1, -0.05) is 18.2 Å². The maximum absolute atomic E-state index is 5.88. The number of oxazole rings is 1. The monoisotopic (exact) mass is 301 g/mol. The summed E-state index contributed by atoms with van der Waals surface area (Å²) < 4.78 is 11.5. The number of benzene rings is 1. The highest BCUT2D eigenvalue weighted by atomic mass is 16.5. The van der Waals surface area contributed by atoms with Crippen LogP contribution in [0.2, 0.25) is 0 Å². The number of nitrogens with two attached hydrogens (primary N) is 1. The molecule has 1 fully saturated rings. The summed E-state index contributed by atoms with van der Waals surface area (Å²) in [6, 6.07) is 8.15. The van der Waals surface area contributed by atoms with E-state index in [1.165, 1.54) is 5.56 Å². The Morgan fingerprint density at radius 3 is 2.91 bits per heavy atom. The molecule has 1 aliphatic rings. The minimum atomic E-state index is 0.122. The molecule has 1 unspecified atom stereocenters. The molecular formula is C17H23N3O2. The maximum atomic E-state index is 5.88. The highest BCUT2D eigenvalue weighted by Crippen LogP contribution is 2.25. The fraction of sp³-hybridized carbons (Fsp3) is 0.471. The predicted octanol–water partition coefficient (Wildman–Crippen LogP) is 2.12. The van der Waals surface area contributed by atoms with Gasteiger partial charge in [0, 0.05) is 31.7 Å². The van der Waals surface area contributed by atoms with Gasteiger partial charge in [-0.15, -0.1) is 0 Å². The number of hydrogen-bond donors (Lipinski definition) is 1. The molecule has 22 heavy (non-hydrogen) atoms. The van der Waals surface area contributed by atoms with Crippen molar-refractivity contribution in [1.29, 1.82) is 0 Å². The lowest BCUT2D eigenvalue weighted by atomic mass is 10.1. The minimum Gasteiger partial charge on any atom is -0.441 e. The van der Waals surface area contributed by atoms with Crippen molar-refractivity contribution in [3.8, 4) is 11.5 Å². The Morgan fingerprint density at radius 1 is 1.32 bits per heavy atom. The molecule has 118 valence electrons. The summed E-state index contributed by atoms with van der Waals surface area (Å²) in [5, 5.41) is 0. The van der Waals surface area contributed by atoms with E-state index in [1.54, 1.807) is 0 Å². The Hall–Kier alpha value is -1.69. The molecule has 1 aromatic carbocycles. The van der Waals surface area contributed by atoms with E-state index >= 15 is 0 Å². The molecule has 1 atom stereocenters. The fourth-order valence-corrected chi connectivity index (χ4v) is 2.78. The SMILES string of the molecule is Cc1ccccc1-c1nc(CN2CCOC(CN)C2)c(C)o1. The Labute approximate surface area is 131 Å². The number of nitrogens with zero attached hydrogens (tertiary/aromatic N) is 2. The van der Waals surface area contributed by atoms with Crippen molar-refractivity contribution in [2.75, 3.05) is 26.2 Å². The standard InChI is InChI=1S/C17H23N3O2/c1-12-5-3-4-6-15(12)17-19-16(13(2)22-17)11-20-7-8-21-14(9-18)10-20/h3-6,14H,7-11,18H2,1-2H3. The van der Waals surface area contributed by atoms with Crippen molar-refractivity contribution in [1.82, 2.24) is 9.88 Å². The second-order valence-electron chi connectivity index (χ2n) is 5.80. The zero-order valence-corrected chi connectivity index (χ0v) is 13.2. The van der Waals surface area contributed by atoms with Crippen LogP contribution in [0.15, 0.2) is 28.7 Å². The number of aromatic nitrogens is 1.